The number of hydrogen-bond donors (Lipinski definition) is 0. The van der Waals surface area contributed by atoms with Crippen LogP contribution in [0.3, 0.4) is 0 Å². The third kappa shape index (κ3) is 3.16. The molecular weight excluding hydrogens is 402 g/mol. The molecule has 0 bridgehead atoms. The third-order valence-corrected chi connectivity index (χ3v) is 6.60. The van der Waals surface area contributed by atoms with Gasteiger partial charge in [-0.15, -0.1) is 0 Å². The Morgan fingerprint density at radius 1 is 0.889 bits per heavy atom. The average Bonchev–Trinajstić information content (AvgIpc) is 3.12. The number of rotatable bonds is 2. The van der Waals surface area contributed by atoms with E-state index in [1.165, 1.54) is 19.3 Å². The van der Waals surface area contributed by atoms with E-state index in [0.717, 1.165) is 53.2 Å². The highest BCUT2D eigenvalue weighted by atomic mass is 79.9. The van der Waals surface area contributed by atoms with Gasteiger partial charge in [-0.1, -0.05) is 22.0 Å². The molecule has 2 saturated heterocycles. The summed E-state index contributed by atoms with van der Waals surface area (Å²) >= 11 is 3.59. The molecule has 27 heavy (non-hydrogen) atoms. The van der Waals surface area contributed by atoms with Gasteiger partial charge in [-0.25, -0.2) is 15.0 Å². The lowest BCUT2D eigenvalue weighted by Gasteiger charge is -2.39. The summed E-state index contributed by atoms with van der Waals surface area (Å²) in [6.45, 7) is 4.33. The summed E-state index contributed by atoms with van der Waals surface area (Å²) in [6.07, 6.45) is 7.25. The van der Waals surface area contributed by atoms with Gasteiger partial charge in [-0.2, -0.15) is 0 Å². The van der Waals surface area contributed by atoms with Crippen molar-refractivity contribution in [1.82, 2.24) is 15.0 Å². The topological polar surface area (TPSA) is 45.2 Å². The lowest BCUT2D eigenvalue weighted by atomic mass is 9.78. The lowest BCUT2D eigenvalue weighted by Crippen LogP contribution is -2.42. The van der Waals surface area contributed by atoms with Gasteiger partial charge in [-0.05, 0) is 55.0 Å². The van der Waals surface area contributed by atoms with E-state index in [0.29, 0.717) is 5.41 Å². The average molecular weight is 424 g/mol. The number of piperidine rings is 1. The summed E-state index contributed by atoms with van der Waals surface area (Å²) in [7, 11) is 0. The molecule has 6 heteroatoms. The van der Waals surface area contributed by atoms with Gasteiger partial charge in [0.2, 0.25) is 0 Å². The van der Waals surface area contributed by atoms with Crippen LogP contribution in [-0.4, -0.2) is 41.1 Å². The van der Waals surface area contributed by atoms with E-state index in [1.807, 2.05) is 18.3 Å². The second kappa shape index (κ2) is 6.75. The van der Waals surface area contributed by atoms with Crippen molar-refractivity contribution >= 4 is 38.5 Å². The van der Waals surface area contributed by atoms with Crippen molar-refractivity contribution < 1.29 is 0 Å². The molecule has 2 fully saturated rings. The fourth-order valence-electron chi connectivity index (χ4n) is 4.54. The zero-order valence-corrected chi connectivity index (χ0v) is 16.8. The van der Waals surface area contributed by atoms with Crippen molar-refractivity contribution in [2.24, 2.45) is 5.41 Å². The Morgan fingerprint density at radius 3 is 2.48 bits per heavy atom. The van der Waals surface area contributed by atoms with Gasteiger partial charge in [-0.3, -0.25) is 0 Å². The molecule has 0 aliphatic carbocycles. The molecule has 2 aliphatic rings. The Kier molecular flexibility index (Phi) is 4.23. The fraction of sp³-hybridized carbons (Fsp3) is 0.381. The molecule has 0 unspecified atom stereocenters. The van der Waals surface area contributed by atoms with Crippen molar-refractivity contribution in [1.29, 1.82) is 0 Å². The smallest absolute Gasteiger partial charge is 0.139 e. The summed E-state index contributed by atoms with van der Waals surface area (Å²) in [5, 5.41) is 1.13. The van der Waals surface area contributed by atoms with E-state index in [4.69, 9.17) is 0 Å². The number of pyridine rings is 1. The van der Waals surface area contributed by atoms with Gasteiger partial charge in [0.1, 0.15) is 18.0 Å². The van der Waals surface area contributed by atoms with Crippen molar-refractivity contribution in [2.75, 3.05) is 36.0 Å². The van der Waals surface area contributed by atoms with Crippen LogP contribution in [0.2, 0.25) is 0 Å². The van der Waals surface area contributed by atoms with Gasteiger partial charge in [0, 0.05) is 42.2 Å². The van der Waals surface area contributed by atoms with Crippen LogP contribution in [-0.2, 0) is 0 Å². The molecule has 0 N–H and O–H groups in total. The third-order valence-electron chi connectivity index (χ3n) is 6.11. The van der Waals surface area contributed by atoms with Crippen molar-refractivity contribution in [2.45, 2.75) is 19.3 Å². The van der Waals surface area contributed by atoms with Gasteiger partial charge >= 0.3 is 0 Å². The van der Waals surface area contributed by atoms with Crippen molar-refractivity contribution in [3.63, 3.8) is 0 Å². The number of anilines is 2. The molecular formula is C21H22BrN5. The monoisotopic (exact) mass is 423 g/mol. The first-order valence-electron chi connectivity index (χ1n) is 9.54. The van der Waals surface area contributed by atoms with E-state index in [1.54, 1.807) is 6.33 Å². The molecule has 2 aromatic heterocycles. The molecule has 4 heterocycles. The molecule has 138 valence electrons. The molecule has 3 aromatic rings. The Hall–Kier alpha value is -2.21. The molecule has 0 amide bonds. The van der Waals surface area contributed by atoms with Crippen LogP contribution < -0.4 is 9.80 Å². The van der Waals surface area contributed by atoms with Gasteiger partial charge in [0.25, 0.3) is 0 Å². The Labute approximate surface area is 167 Å². The van der Waals surface area contributed by atoms with Gasteiger partial charge in [0.05, 0.1) is 5.52 Å². The minimum atomic E-state index is 0.397. The molecule has 0 saturated carbocycles. The van der Waals surface area contributed by atoms with E-state index in [2.05, 4.69) is 64.9 Å². The highest BCUT2D eigenvalue weighted by Crippen LogP contribution is 2.43. The molecule has 0 radical (unpaired) electrons. The maximum absolute atomic E-state index is 4.64. The van der Waals surface area contributed by atoms with E-state index in [-0.39, 0.29) is 0 Å². The Morgan fingerprint density at radius 2 is 1.70 bits per heavy atom. The second-order valence-electron chi connectivity index (χ2n) is 7.71. The molecule has 5 rings (SSSR count). The normalized spacial score (nSPS) is 19.1. The van der Waals surface area contributed by atoms with E-state index in [9.17, 15) is 0 Å². The maximum Gasteiger partial charge on any atom is 0.139 e. The van der Waals surface area contributed by atoms with E-state index < -0.39 is 0 Å². The minimum Gasteiger partial charge on any atom is -0.357 e. The summed E-state index contributed by atoms with van der Waals surface area (Å²) < 4.78 is 1.07. The largest absolute Gasteiger partial charge is 0.357 e. The van der Waals surface area contributed by atoms with Crippen LogP contribution >= 0.6 is 15.9 Å². The highest BCUT2D eigenvalue weighted by Gasteiger charge is 2.41. The van der Waals surface area contributed by atoms with Crippen LogP contribution in [0.25, 0.3) is 10.9 Å². The summed E-state index contributed by atoms with van der Waals surface area (Å²) in [5.41, 5.74) is 1.41. The number of benzene rings is 1. The Balaban J connectivity index is 1.35. The summed E-state index contributed by atoms with van der Waals surface area (Å²) in [4.78, 5) is 18.5. The molecule has 5 nitrogen and oxygen atoms in total. The fourth-order valence-corrected chi connectivity index (χ4v) is 4.90. The van der Waals surface area contributed by atoms with E-state index >= 15 is 0 Å². The number of fused-ring (bicyclic) bond motifs is 1. The second-order valence-corrected chi connectivity index (χ2v) is 8.62. The highest BCUT2D eigenvalue weighted by molar-refractivity contribution is 9.10. The predicted octanol–water partition coefficient (Wildman–Crippen LogP) is 4.28. The minimum absolute atomic E-state index is 0.397. The van der Waals surface area contributed by atoms with Crippen LogP contribution in [0.5, 0.6) is 0 Å². The zero-order chi connectivity index (χ0) is 18.3. The zero-order valence-electron chi connectivity index (χ0n) is 15.2. The summed E-state index contributed by atoms with van der Waals surface area (Å²) in [6, 6.07) is 12.4. The number of halogens is 1. The van der Waals surface area contributed by atoms with Gasteiger partial charge < -0.3 is 9.80 Å². The van der Waals surface area contributed by atoms with Crippen molar-refractivity contribution in [3.8, 4) is 0 Å². The number of hydrogen-bond acceptors (Lipinski definition) is 5. The first-order chi connectivity index (χ1) is 13.2. The molecule has 1 aromatic carbocycles. The first-order valence-corrected chi connectivity index (χ1v) is 10.3. The quantitative estimate of drug-likeness (QED) is 0.615. The standard InChI is InChI=1S/C21H22BrN5/c22-16-4-5-18-17(13-16)20(25-15-24-18)27-12-8-21(14-27)6-10-26(11-7-21)19-3-1-2-9-23-19/h1-5,9,13,15H,6-8,10-12,14H2. The van der Waals surface area contributed by atoms with Crippen molar-refractivity contribution in [3.05, 3.63) is 53.4 Å². The summed E-state index contributed by atoms with van der Waals surface area (Å²) in [5.74, 6) is 2.18. The van der Waals surface area contributed by atoms with Gasteiger partial charge in [0.15, 0.2) is 0 Å². The SMILES string of the molecule is Brc1ccc2ncnc(N3CCC4(CCN(c5ccccn5)CC4)C3)c2c1. The van der Waals surface area contributed by atoms with Crippen LogP contribution in [0.1, 0.15) is 19.3 Å². The number of aromatic nitrogens is 3. The van der Waals surface area contributed by atoms with Crippen LogP contribution in [0.15, 0.2) is 53.4 Å². The van der Waals surface area contributed by atoms with Crippen LogP contribution in [0, 0.1) is 5.41 Å². The first kappa shape index (κ1) is 16.9. The Bertz CT molecular complexity index is 953. The molecule has 2 aliphatic heterocycles. The van der Waals surface area contributed by atoms with Crippen LogP contribution in [0.4, 0.5) is 11.6 Å². The molecule has 0 atom stereocenters. The lowest BCUT2D eigenvalue weighted by molar-refractivity contribution is 0.250. The number of nitrogens with zero attached hydrogens (tertiary/aromatic N) is 5. The molecule has 1 spiro atoms. The maximum atomic E-state index is 4.64. The predicted molar refractivity (Wildman–Crippen MR) is 112 cm³/mol.